The summed E-state index contributed by atoms with van der Waals surface area (Å²) in [6, 6.07) is 1.50. The van der Waals surface area contributed by atoms with E-state index in [-0.39, 0.29) is 16.1 Å². The summed E-state index contributed by atoms with van der Waals surface area (Å²) in [5, 5.41) is 2.90. The molecule has 0 unspecified atom stereocenters. The van der Waals surface area contributed by atoms with Crippen LogP contribution < -0.4 is 10.0 Å². The molecule has 0 bridgehead atoms. The fraction of sp³-hybridized carbons (Fsp3) is 0.364. The van der Waals surface area contributed by atoms with Crippen LogP contribution in [0.25, 0.3) is 0 Å². The molecule has 0 atom stereocenters. The van der Waals surface area contributed by atoms with E-state index in [1.54, 1.807) is 19.6 Å². The van der Waals surface area contributed by atoms with E-state index in [1.807, 2.05) is 0 Å². The van der Waals surface area contributed by atoms with Crippen LogP contribution in [0, 0.1) is 0 Å². The summed E-state index contributed by atoms with van der Waals surface area (Å²) in [6.45, 7) is 0.742. The van der Waals surface area contributed by atoms with Crippen LogP contribution >= 0.6 is 15.9 Å². The second-order valence-electron chi connectivity index (χ2n) is 4.11. The minimum Gasteiger partial charge on any atom is -0.452 e. The molecule has 0 aliphatic rings. The van der Waals surface area contributed by atoms with Crippen LogP contribution in [0.2, 0.25) is 0 Å². The molecule has 7 nitrogen and oxygen atoms in total. The van der Waals surface area contributed by atoms with Gasteiger partial charge in [-0.15, -0.1) is 0 Å². The number of hydrogen-bond acceptors (Lipinski definition) is 5. The Kier molecular flexibility index (Phi) is 4.97. The summed E-state index contributed by atoms with van der Waals surface area (Å²) in [4.78, 5) is 6.89. The Bertz CT molecular complexity index is 651. The predicted molar refractivity (Wildman–Crippen MR) is 76.7 cm³/mol. The molecule has 0 amide bonds. The smallest absolute Gasteiger partial charge is 0.244 e. The summed E-state index contributed by atoms with van der Waals surface area (Å²) >= 11 is 3.12. The van der Waals surface area contributed by atoms with Gasteiger partial charge >= 0.3 is 0 Å². The lowest BCUT2D eigenvalue weighted by molar-refractivity contribution is 0.470. The number of sulfonamides is 1. The van der Waals surface area contributed by atoms with Crippen molar-refractivity contribution in [2.45, 2.75) is 17.9 Å². The fourth-order valence-electron chi connectivity index (χ4n) is 1.66. The summed E-state index contributed by atoms with van der Waals surface area (Å²) in [5.74, 6) is 0.549. The van der Waals surface area contributed by atoms with Crippen LogP contribution in [0.3, 0.4) is 0 Å². The van der Waals surface area contributed by atoms with Crippen LogP contribution in [0.15, 0.2) is 32.6 Å². The third-order valence-corrected chi connectivity index (χ3v) is 4.91. The molecule has 2 aromatic heterocycles. The molecule has 0 saturated carbocycles. The van der Waals surface area contributed by atoms with Crippen molar-refractivity contribution >= 4 is 26.0 Å². The molecule has 9 heteroatoms. The monoisotopic (exact) mass is 362 g/mol. The fourth-order valence-corrected chi connectivity index (χ4v) is 3.69. The standard InChI is InChI=1S/C11H15BrN4O3S/c1-13-6-9-4-10(11(12)19-9)20(17,18)16-3-2-8-5-14-7-15-8/h4-5,7,13,16H,2-3,6H2,1H3,(H,14,15). The van der Waals surface area contributed by atoms with Gasteiger partial charge in [0, 0.05) is 30.9 Å². The molecule has 0 aliphatic carbocycles. The number of hydrogen-bond donors (Lipinski definition) is 3. The van der Waals surface area contributed by atoms with Gasteiger partial charge in [-0.1, -0.05) is 0 Å². The third kappa shape index (κ3) is 3.69. The molecule has 2 aromatic rings. The van der Waals surface area contributed by atoms with Gasteiger partial charge in [0.1, 0.15) is 10.7 Å². The molecule has 2 heterocycles. The van der Waals surface area contributed by atoms with Crippen molar-refractivity contribution in [1.29, 1.82) is 0 Å². The first-order valence-electron chi connectivity index (χ1n) is 5.92. The maximum atomic E-state index is 12.2. The maximum absolute atomic E-state index is 12.2. The SMILES string of the molecule is CNCc1cc(S(=O)(=O)NCCc2cnc[nH]2)c(Br)o1. The van der Waals surface area contributed by atoms with Crippen molar-refractivity contribution in [1.82, 2.24) is 20.0 Å². The lowest BCUT2D eigenvalue weighted by Crippen LogP contribution is -2.26. The number of nitrogens with one attached hydrogen (secondary N) is 3. The molecule has 20 heavy (non-hydrogen) atoms. The van der Waals surface area contributed by atoms with Gasteiger partial charge in [-0.2, -0.15) is 0 Å². The quantitative estimate of drug-likeness (QED) is 0.682. The highest BCUT2D eigenvalue weighted by Crippen LogP contribution is 2.25. The van der Waals surface area contributed by atoms with E-state index in [0.29, 0.717) is 18.7 Å². The first-order valence-corrected chi connectivity index (χ1v) is 8.20. The van der Waals surface area contributed by atoms with Crippen LogP contribution in [0.5, 0.6) is 0 Å². The van der Waals surface area contributed by atoms with Gasteiger partial charge < -0.3 is 14.7 Å². The van der Waals surface area contributed by atoms with Crippen LogP contribution in [-0.4, -0.2) is 32.0 Å². The number of halogens is 1. The van der Waals surface area contributed by atoms with Gasteiger partial charge in [-0.05, 0) is 23.0 Å². The Morgan fingerprint density at radius 2 is 2.30 bits per heavy atom. The molecular weight excluding hydrogens is 348 g/mol. The Balaban J connectivity index is 2.02. The molecule has 0 aliphatic heterocycles. The lowest BCUT2D eigenvalue weighted by atomic mass is 10.3. The van der Waals surface area contributed by atoms with Gasteiger partial charge in [0.05, 0.1) is 12.9 Å². The second kappa shape index (κ2) is 6.53. The summed E-state index contributed by atoms with van der Waals surface area (Å²) in [6.07, 6.45) is 3.76. The van der Waals surface area contributed by atoms with Gasteiger partial charge in [0.25, 0.3) is 0 Å². The maximum Gasteiger partial charge on any atom is 0.244 e. The number of nitrogens with zero attached hydrogens (tertiary/aromatic N) is 1. The number of aromatic nitrogens is 2. The van der Waals surface area contributed by atoms with Crippen LogP contribution in [0.4, 0.5) is 0 Å². The third-order valence-electron chi connectivity index (χ3n) is 2.59. The highest BCUT2D eigenvalue weighted by Gasteiger charge is 2.21. The van der Waals surface area contributed by atoms with Crippen molar-refractivity contribution in [3.8, 4) is 0 Å². The molecular formula is C11H15BrN4O3S. The van der Waals surface area contributed by atoms with Crippen LogP contribution in [-0.2, 0) is 23.0 Å². The summed E-state index contributed by atoms with van der Waals surface area (Å²) < 4.78 is 32.3. The van der Waals surface area contributed by atoms with E-state index in [4.69, 9.17) is 4.42 Å². The van der Waals surface area contributed by atoms with Crippen molar-refractivity contribution in [3.63, 3.8) is 0 Å². The van der Waals surface area contributed by atoms with Gasteiger partial charge in [0.2, 0.25) is 10.0 Å². The molecule has 110 valence electrons. The van der Waals surface area contributed by atoms with Gasteiger partial charge in [-0.25, -0.2) is 18.1 Å². The number of H-pyrrole nitrogens is 1. The Labute approximate surface area is 125 Å². The molecule has 0 aromatic carbocycles. The average Bonchev–Trinajstić information content (AvgIpc) is 2.99. The zero-order chi connectivity index (χ0) is 14.6. The molecule has 0 radical (unpaired) electrons. The highest BCUT2D eigenvalue weighted by molar-refractivity contribution is 9.10. The highest BCUT2D eigenvalue weighted by atomic mass is 79.9. The molecule has 0 fully saturated rings. The topological polar surface area (TPSA) is 100 Å². The van der Waals surface area contributed by atoms with Crippen molar-refractivity contribution in [2.75, 3.05) is 13.6 Å². The Hall–Kier alpha value is -1.16. The number of furan rings is 1. The van der Waals surface area contributed by atoms with E-state index in [1.165, 1.54) is 6.07 Å². The second-order valence-corrected chi connectivity index (χ2v) is 6.56. The first-order chi connectivity index (χ1) is 9.53. The molecule has 2 rings (SSSR count). The Morgan fingerprint density at radius 3 is 2.95 bits per heavy atom. The normalized spacial score (nSPS) is 11.9. The van der Waals surface area contributed by atoms with Crippen molar-refractivity contribution in [3.05, 3.63) is 34.7 Å². The molecule has 0 saturated heterocycles. The number of aromatic amines is 1. The van der Waals surface area contributed by atoms with Crippen molar-refractivity contribution < 1.29 is 12.8 Å². The molecule has 3 N–H and O–H groups in total. The van der Waals surface area contributed by atoms with E-state index in [9.17, 15) is 8.42 Å². The average molecular weight is 363 g/mol. The van der Waals surface area contributed by atoms with E-state index >= 15 is 0 Å². The zero-order valence-electron chi connectivity index (χ0n) is 10.8. The van der Waals surface area contributed by atoms with Gasteiger partial charge in [0.15, 0.2) is 4.67 Å². The summed E-state index contributed by atoms with van der Waals surface area (Å²) in [7, 11) is -1.84. The van der Waals surface area contributed by atoms with Gasteiger partial charge in [-0.3, -0.25) is 0 Å². The largest absolute Gasteiger partial charge is 0.452 e. The number of rotatable bonds is 7. The zero-order valence-corrected chi connectivity index (χ0v) is 13.2. The van der Waals surface area contributed by atoms with Crippen LogP contribution in [0.1, 0.15) is 11.5 Å². The first kappa shape index (κ1) is 15.2. The molecule has 0 spiro atoms. The van der Waals surface area contributed by atoms with E-state index in [0.717, 1.165) is 5.69 Å². The van der Waals surface area contributed by atoms with E-state index in [2.05, 4.69) is 35.9 Å². The lowest BCUT2D eigenvalue weighted by Gasteiger charge is -2.03. The van der Waals surface area contributed by atoms with Crippen molar-refractivity contribution in [2.24, 2.45) is 0 Å². The Morgan fingerprint density at radius 1 is 1.50 bits per heavy atom. The minimum absolute atomic E-state index is 0.104. The summed E-state index contributed by atoms with van der Waals surface area (Å²) in [5.41, 5.74) is 0.870. The minimum atomic E-state index is -3.59. The predicted octanol–water partition coefficient (Wildman–Crippen LogP) is 1.01. The van der Waals surface area contributed by atoms with E-state index < -0.39 is 10.0 Å². The number of imidazole rings is 1.